The average molecular weight is 237 g/mol. The summed E-state index contributed by atoms with van der Waals surface area (Å²) in [5, 5.41) is 11.6. The second-order valence-corrected chi connectivity index (χ2v) is 5.79. The van der Waals surface area contributed by atoms with E-state index in [1.165, 1.54) is 0 Å². The van der Waals surface area contributed by atoms with Gasteiger partial charge in [-0.05, 0) is 40.5 Å². The Labute approximate surface area is 104 Å². The molecule has 0 aromatic heterocycles. The fourth-order valence-corrected chi connectivity index (χ4v) is 1.90. The van der Waals surface area contributed by atoms with Gasteiger partial charge in [0.2, 0.25) is 5.91 Å². The molecule has 17 heavy (non-hydrogen) atoms. The maximum Gasteiger partial charge on any atom is 0.237 e. The van der Waals surface area contributed by atoms with Crippen molar-refractivity contribution in [3.05, 3.63) is 0 Å². The number of carbonyl (C=O) groups excluding carboxylic acids is 1. The highest BCUT2D eigenvalue weighted by molar-refractivity contribution is 5.82. The van der Waals surface area contributed by atoms with Crippen LogP contribution >= 0.6 is 0 Å². The van der Waals surface area contributed by atoms with Crippen LogP contribution in [0.5, 0.6) is 0 Å². The molecular formula is C13H23N3O. The molecular weight excluding hydrogens is 214 g/mol. The molecule has 96 valence electrons. The van der Waals surface area contributed by atoms with Gasteiger partial charge in [0.05, 0.1) is 12.1 Å². The Morgan fingerprint density at radius 1 is 1.53 bits per heavy atom. The zero-order valence-corrected chi connectivity index (χ0v) is 11.3. The first-order valence-electron chi connectivity index (χ1n) is 6.30. The molecule has 1 N–H and O–H groups in total. The molecule has 1 aliphatic rings. The van der Waals surface area contributed by atoms with Crippen molar-refractivity contribution >= 4 is 5.91 Å². The Bertz CT molecular complexity index is 310. The smallest absolute Gasteiger partial charge is 0.237 e. The molecule has 1 amide bonds. The monoisotopic (exact) mass is 237 g/mol. The van der Waals surface area contributed by atoms with Crippen LogP contribution in [0.3, 0.4) is 0 Å². The number of hydrogen-bond donors (Lipinski definition) is 1. The quantitative estimate of drug-likeness (QED) is 0.791. The maximum atomic E-state index is 12.1. The second-order valence-electron chi connectivity index (χ2n) is 5.79. The summed E-state index contributed by atoms with van der Waals surface area (Å²) in [7, 11) is 0. The van der Waals surface area contributed by atoms with E-state index in [-0.39, 0.29) is 17.5 Å². The Hall–Kier alpha value is -1.08. The van der Waals surface area contributed by atoms with E-state index >= 15 is 0 Å². The fraction of sp³-hybridized carbons (Fsp3) is 0.846. The number of nitrogens with zero attached hydrogens (tertiary/aromatic N) is 2. The van der Waals surface area contributed by atoms with E-state index in [0.29, 0.717) is 19.0 Å². The Kier molecular flexibility index (Phi) is 4.53. The molecule has 1 fully saturated rings. The first kappa shape index (κ1) is 14.0. The normalized spacial score (nSPS) is 17.6. The third kappa shape index (κ3) is 4.74. The van der Waals surface area contributed by atoms with Gasteiger partial charge in [-0.15, -0.1) is 0 Å². The molecule has 1 rings (SSSR count). The van der Waals surface area contributed by atoms with Crippen LogP contribution in [0.25, 0.3) is 0 Å². The number of hydrogen-bond acceptors (Lipinski definition) is 3. The van der Waals surface area contributed by atoms with E-state index in [2.05, 4.69) is 16.3 Å². The SMILES string of the molecule is CC(C(=O)NC(C)(C)C)N(CCC#N)C1CC1. The minimum atomic E-state index is -0.199. The third-order valence-electron chi connectivity index (χ3n) is 2.87. The van der Waals surface area contributed by atoms with Crippen molar-refractivity contribution < 1.29 is 4.79 Å². The number of nitriles is 1. The summed E-state index contributed by atoms with van der Waals surface area (Å²) in [6, 6.07) is 2.51. The van der Waals surface area contributed by atoms with Gasteiger partial charge in [0.25, 0.3) is 0 Å². The largest absolute Gasteiger partial charge is 0.350 e. The van der Waals surface area contributed by atoms with Gasteiger partial charge in [0.15, 0.2) is 0 Å². The Morgan fingerprint density at radius 2 is 2.12 bits per heavy atom. The van der Waals surface area contributed by atoms with Gasteiger partial charge in [-0.1, -0.05) is 0 Å². The van der Waals surface area contributed by atoms with Gasteiger partial charge in [-0.2, -0.15) is 5.26 Å². The van der Waals surface area contributed by atoms with Gasteiger partial charge >= 0.3 is 0 Å². The van der Waals surface area contributed by atoms with Crippen molar-refractivity contribution in [1.29, 1.82) is 5.26 Å². The van der Waals surface area contributed by atoms with E-state index < -0.39 is 0 Å². The zero-order chi connectivity index (χ0) is 13.1. The molecule has 0 heterocycles. The van der Waals surface area contributed by atoms with Crippen LogP contribution in [0.4, 0.5) is 0 Å². The molecule has 0 saturated heterocycles. The molecule has 0 bridgehead atoms. The van der Waals surface area contributed by atoms with E-state index in [0.717, 1.165) is 12.8 Å². The van der Waals surface area contributed by atoms with Gasteiger partial charge in [0, 0.05) is 24.5 Å². The van der Waals surface area contributed by atoms with Crippen LogP contribution in [0.2, 0.25) is 0 Å². The summed E-state index contributed by atoms with van der Waals surface area (Å²) in [6.07, 6.45) is 2.79. The summed E-state index contributed by atoms with van der Waals surface area (Å²) in [5.74, 6) is 0.0577. The standard InChI is InChI=1S/C13H23N3O/c1-10(12(17)15-13(2,3)4)16(9-5-8-14)11-6-7-11/h10-11H,5-7,9H2,1-4H3,(H,15,17). The molecule has 1 unspecified atom stereocenters. The number of amides is 1. The lowest BCUT2D eigenvalue weighted by molar-refractivity contribution is -0.127. The highest BCUT2D eigenvalue weighted by atomic mass is 16.2. The van der Waals surface area contributed by atoms with Crippen molar-refractivity contribution in [3.8, 4) is 6.07 Å². The van der Waals surface area contributed by atoms with Crippen LogP contribution in [-0.2, 0) is 4.79 Å². The third-order valence-corrected chi connectivity index (χ3v) is 2.87. The molecule has 1 aliphatic carbocycles. The molecule has 0 radical (unpaired) electrons. The summed E-state index contributed by atoms with van der Waals surface area (Å²) in [5.41, 5.74) is -0.199. The topological polar surface area (TPSA) is 56.1 Å². The molecule has 0 aromatic carbocycles. The van der Waals surface area contributed by atoms with Gasteiger partial charge in [-0.3, -0.25) is 9.69 Å². The first-order chi connectivity index (χ1) is 7.85. The minimum Gasteiger partial charge on any atom is -0.350 e. The van der Waals surface area contributed by atoms with Gasteiger partial charge < -0.3 is 5.32 Å². The summed E-state index contributed by atoms with van der Waals surface area (Å²) in [4.78, 5) is 14.2. The molecule has 0 aromatic rings. The molecule has 4 heteroatoms. The average Bonchev–Trinajstić information content (AvgIpc) is 2.99. The first-order valence-corrected chi connectivity index (χ1v) is 6.30. The molecule has 0 spiro atoms. The van der Waals surface area contributed by atoms with Crippen LogP contribution in [0, 0.1) is 11.3 Å². The Balaban J connectivity index is 2.55. The van der Waals surface area contributed by atoms with Crippen LogP contribution in [0.1, 0.15) is 47.0 Å². The van der Waals surface area contributed by atoms with Gasteiger partial charge in [0.1, 0.15) is 0 Å². The molecule has 0 aliphatic heterocycles. The van der Waals surface area contributed by atoms with Gasteiger partial charge in [-0.25, -0.2) is 0 Å². The summed E-state index contributed by atoms with van der Waals surface area (Å²) < 4.78 is 0. The lowest BCUT2D eigenvalue weighted by Crippen LogP contribution is -2.51. The van der Waals surface area contributed by atoms with E-state index in [4.69, 9.17) is 5.26 Å². The van der Waals surface area contributed by atoms with E-state index in [1.807, 2.05) is 27.7 Å². The summed E-state index contributed by atoms with van der Waals surface area (Å²) >= 11 is 0. The zero-order valence-electron chi connectivity index (χ0n) is 11.3. The van der Waals surface area contributed by atoms with Crippen molar-refractivity contribution in [2.75, 3.05) is 6.54 Å². The summed E-state index contributed by atoms with van der Waals surface area (Å²) in [6.45, 7) is 8.56. The molecule has 1 saturated carbocycles. The van der Waals surface area contributed by atoms with Crippen molar-refractivity contribution in [1.82, 2.24) is 10.2 Å². The van der Waals surface area contributed by atoms with Crippen molar-refractivity contribution in [2.45, 2.75) is 64.6 Å². The number of carbonyl (C=O) groups is 1. The molecule has 4 nitrogen and oxygen atoms in total. The second kappa shape index (κ2) is 5.50. The Morgan fingerprint density at radius 3 is 2.53 bits per heavy atom. The fourth-order valence-electron chi connectivity index (χ4n) is 1.90. The predicted molar refractivity (Wildman–Crippen MR) is 67.3 cm³/mol. The van der Waals surface area contributed by atoms with E-state index in [1.54, 1.807) is 0 Å². The minimum absolute atomic E-state index is 0.0577. The van der Waals surface area contributed by atoms with Crippen molar-refractivity contribution in [2.24, 2.45) is 0 Å². The lowest BCUT2D eigenvalue weighted by Gasteiger charge is -2.30. The van der Waals surface area contributed by atoms with E-state index in [9.17, 15) is 4.79 Å². The predicted octanol–water partition coefficient (Wildman–Crippen LogP) is 1.67. The van der Waals surface area contributed by atoms with Crippen LogP contribution in [0.15, 0.2) is 0 Å². The van der Waals surface area contributed by atoms with Crippen LogP contribution in [-0.4, -0.2) is 35.0 Å². The highest BCUT2D eigenvalue weighted by Crippen LogP contribution is 2.28. The highest BCUT2D eigenvalue weighted by Gasteiger charge is 2.35. The number of rotatable bonds is 5. The maximum absolute atomic E-state index is 12.1. The van der Waals surface area contributed by atoms with Crippen molar-refractivity contribution in [3.63, 3.8) is 0 Å². The van der Waals surface area contributed by atoms with Crippen LogP contribution < -0.4 is 5.32 Å². The molecule has 1 atom stereocenters. The number of nitrogens with one attached hydrogen (secondary N) is 1. The lowest BCUT2D eigenvalue weighted by atomic mass is 10.1.